The van der Waals surface area contributed by atoms with Crippen LogP contribution in [0.15, 0.2) is 24.3 Å². The molecule has 1 aromatic carbocycles. The number of nitrogens with two attached hydrogens (primary N) is 1. The molecule has 12 heavy (non-hydrogen) atoms. The first-order valence-corrected chi connectivity index (χ1v) is 4.54. The second-order valence-electron chi connectivity index (χ2n) is 2.33. The van der Waals surface area contributed by atoms with E-state index >= 15 is 0 Å². The van der Waals surface area contributed by atoms with E-state index in [9.17, 15) is 4.79 Å². The molecule has 0 bridgehead atoms. The lowest BCUT2D eigenvalue weighted by Gasteiger charge is -2.03. The normalized spacial score (nSPS) is 9.75. The standard InChI is InChI=1S/C8H9IN2O/c9-11-5-6-3-1-2-4-7(6)8(10)12/h1-4,11H,5H2,(H2,10,12). The topological polar surface area (TPSA) is 55.1 Å². The van der Waals surface area contributed by atoms with Gasteiger partial charge in [0.05, 0.1) is 0 Å². The van der Waals surface area contributed by atoms with Crippen molar-refractivity contribution in [1.82, 2.24) is 3.53 Å². The number of primary amides is 1. The molecular weight excluding hydrogens is 267 g/mol. The van der Waals surface area contributed by atoms with Gasteiger partial charge in [-0.05, 0) is 11.6 Å². The van der Waals surface area contributed by atoms with Crippen LogP contribution in [0.3, 0.4) is 0 Å². The molecule has 0 saturated heterocycles. The van der Waals surface area contributed by atoms with Crippen LogP contribution < -0.4 is 9.26 Å². The van der Waals surface area contributed by atoms with Crippen LogP contribution in [0.5, 0.6) is 0 Å². The Bertz CT molecular complexity index is 288. The summed E-state index contributed by atoms with van der Waals surface area (Å²) >= 11 is 2.03. The van der Waals surface area contributed by atoms with Crippen molar-refractivity contribution >= 4 is 28.8 Å². The fourth-order valence-electron chi connectivity index (χ4n) is 0.987. The first-order chi connectivity index (χ1) is 5.75. The smallest absolute Gasteiger partial charge is 0.249 e. The summed E-state index contributed by atoms with van der Waals surface area (Å²) in [7, 11) is 0. The zero-order chi connectivity index (χ0) is 8.97. The van der Waals surface area contributed by atoms with Crippen molar-refractivity contribution < 1.29 is 4.79 Å². The third kappa shape index (κ3) is 2.18. The average molecular weight is 276 g/mol. The van der Waals surface area contributed by atoms with Crippen LogP contribution in [0.25, 0.3) is 0 Å². The molecule has 0 fully saturated rings. The van der Waals surface area contributed by atoms with Crippen molar-refractivity contribution in [3.05, 3.63) is 35.4 Å². The molecule has 0 aliphatic heterocycles. The first kappa shape index (κ1) is 9.47. The molecule has 3 nitrogen and oxygen atoms in total. The van der Waals surface area contributed by atoms with Crippen LogP contribution in [0, 0.1) is 0 Å². The van der Waals surface area contributed by atoms with Gasteiger partial charge in [-0.3, -0.25) is 8.32 Å². The molecule has 0 aromatic heterocycles. The van der Waals surface area contributed by atoms with Gasteiger partial charge in [0.15, 0.2) is 0 Å². The van der Waals surface area contributed by atoms with Crippen molar-refractivity contribution in [3.8, 4) is 0 Å². The Hall–Kier alpha value is -0.620. The Morgan fingerprint density at radius 1 is 1.50 bits per heavy atom. The second kappa shape index (κ2) is 4.42. The molecule has 0 unspecified atom stereocenters. The van der Waals surface area contributed by atoms with Gasteiger partial charge in [-0.15, -0.1) is 0 Å². The minimum atomic E-state index is -0.378. The summed E-state index contributed by atoms with van der Waals surface area (Å²) in [5.74, 6) is -0.378. The lowest BCUT2D eigenvalue weighted by molar-refractivity contribution is 0.0999. The Labute approximate surface area is 84.8 Å². The van der Waals surface area contributed by atoms with Gasteiger partial charge in [-0.2, -0.15) is 0 Å². The second-order valence-corrected chi connectivity index (χ2v) is 3.09. The Balaban J connectivity index is 3.00. The van der Waals surface area contributed by atoms with E-state index in [4.69, 9.17) is 5.73 Å². The molecular formula is C8H9IN2O. The number of hydrogen-bond acceptors (Lipinski definition) is 2. The maximum absolute atomic E-state index is 10.9. The zero-order valence-electron chi connectivity index (χ0n) is 6.38. The first-order valence-electron chi connectivity index (χ1n) is 3.47. The minimum absolute atomic E-state index is 0.378. The number of rotatable bonds is 3. The van der Waals surface area contributed by atoms with E-state index in [1.165, 1.54) is 0 Å². The number of carbonyl (C=O) groups is 1. The van der Waals surface area contributed by atoms with Crippen LogP contribution >= 0.6 is 22.9 Å². The highest BCUT2D eigenvalue weighted by Crippen LogP contribution is 2.07. The maximum atomic E-state index is 10.9. The molecule has 0 saturated carbocycles. The maximum Gasteiger partial charge on any atom is 0.249 e. The van der Waals surface area contributed by atoms with Crippen LogP contribution in [-0.4, -0.2) is 5.91 Å². The van der Waals surface area contributed by atoms with E-state index in [-0.39, 0.29) is 5.91 Å². The summed E-state index contributed by atoms with van der Waals surface area (Å²) < 4.78 is 2.94. The summed E-state index contributed by atoms with van der Waals surface area (Å²) in [6, 6.07) is 7.30. The molecule has 0 aliphatic rings. The van der Waals surface area contributed by atoms with Crippen molar-refractivity contribution in [2.45, 2.75) is 6.54 Å². The highest BCUT2D eigenvalue weighted by Gasteiger charge is 2.04. The van der Waals surface area contributed by atoms with Crippen molar-refractivity contribution in [3.63, 3.8) is 0 Å². The van der Waals surface area contributed by atoms with Gasteiger partial charge in [0, 0.05) is 35.0 Å². The predicted molar refractivity (Wildman–Crippen MR) is 55.8 cm³/mol. The number of benzene rings is 1. The van der Waals surface area contributed by atoms with E-state index < -0.39 is 0 Å². The SMILES string of the molecule is NC(=O)c1ccccc1CNI. The van der Waals surface area contributed by atoms with E-state index in [0.717, 1.165) is 5.56 Å². The fourth-order valence-corrected chi connectivity index (χ4v) is 1.40. The third-order valence-electron chi connectivity index (χ3n) is 1.54. The number of amides is 1. The highest BCUT2D eigenvalue weighted by atomic mass is 127. The van der Waals surface area contributed by atoms with E-state index in [1.807, 2.05) is 35.0 Å². The van der Waals surface area contributed by atoms with Crippen molar-refractivity contribution in [1.29, 1.82) is 0 Å². The lowest BCUT2D eigenvalue weighted by Crippen LogP contribution is -2.15. The molecule has 1 amide bonds. The van der Waals surface area contributed by atoms with Gasteiger partial charge in [0.1, 0.15) is 0 Å². The van der Waals surface area contributed by atoms with Gasteiger partial charge in [-0.1, -0.05) is 18.2 Å². The molecule has 0 heterocycles. The summed E-state index contributed by atoms with van der Waals surface area (Å²) in [5.41, 5.74) is 6.69. The van der Waals surface area contributed by atoms with Gasteiger partial charge >= 0.3 is 0 Å². The van der Waals surface area contributed by atoms with Gasteiger partial charge in [0.2, 0.25) is 5.91 Å². The number of nitrogens with one attached hydrogen (secondary N) is 1. The van der Waals surface area contributed by atoms with Crippen molar-refractivity contribution in [2.75, 3.05) is 0 Å². The number of carbonyl (C=O) groups excluding carboxylic acids is 1. The average Bonchev–Trinajstić information content (AvgIpc) is 2.05. The summed E-state index contributed by atoms with van der Waals surface area (Å²) in [6.45, 7) is 0.652. The summed E-state index contributed by atoms with van der Waals surface area (Å²) in [6.07, 6.45) is 0. The van der Waals surface area contributed by atoms with Crippen LogP contribution in [0.1, 0.15) is 15.9 Å². The van der Waals surface area contributed by atoms with E-state index in [2.05, 4.69) is 3.53 Å². The van der Waals surface area contributed by atoms with E-state index in [1.54, 1.807) is 12.1 Å². The third-order valence-corrected chi connectivity index (χ3v) is 1.92. The Morgan fingerprint density at radius 2 is 2.17 bits per heavy atom. The molecule has 3 N–H and O–H groups in total. The van der Waals surface area contributed by atoms with Gasteiger partial charge in [-0.25, -0.2) is 0 Å². The van der Waals surface area contributed by atoms with Crippen LogP contribution in [-0.2, 0) is 6.54 Å². The monoisotopic (exact) mass is 276 g/mol. The van der Waals surface area contributed by atoms with Crippen molar-refractivity contribution in [2.24, 2.45) is 5.73 Å². The lowest BCUT2D eigenvalue weighted by atomic mass is 10.1. The summed E-state index contributed by atoms with van der Waals surface area (Å²) in [5, 5.41) is 0. The Morgan fingerprint density at radius 3 is 2.75 bits per heavy atom. The summed E-state index contributed by atoms with van der Waals surface area (Å²) in [4.78, 5) is 10.9. The molecule has 1 aromatic rings. The highest BCUT2D eigenvalue weighted by molar-refractivity contribution is 14.1. The molecule has 0 spiro atoms. The molecule has 0 aliphatic carbocycles. The number of hydrogen-bond donors (Lipinski definition) is 2. The molecule has 0 atom stereocenters. The molecule has 0 radical (unpaired) electrons. The van der Waals surface area contributed by atoms with E-state index in [0.29, 0.717) is 12.1 Å². The number of halogens is 1. The van der Waals surface area contributed by atoms with Gasteiger partial charge < -0.3 is 5.73 Å². The minimum Gasteiger partial charge on any atom is -0.366 e. The van der Waals surface area contributed by atoms with Crippen LogP contribution in [0.2, 0.25) is 0 Å². The largest absolute Gasteiger partial charge is 0.366 e. The molecule has 64 valence electrons. The Kier molecular flexibility index (Phi) is 3.48. The zero-order valence-corrected chi connectivity index (χ0v) is 8.54. The quantitative estimate of drug-likeness (QED) is 0.644. The van der Waals surface area contributed by atoms with Gasteiger partial charge in [0.25, 0.3) is 0 Å². The molecule has 1 rings (SSSR count). The molecule has 4 heteroatoms. The fraction of sp³-hybridized carbons (Fsp3) is 0.125. The predicted octanol–water partition coefficient (Wildman–Crippen LogP) is 1.23. The van der Waals surface area contributed by atoms with Crippen LogP contribution in [0.4, 0.5) is 0 Å².